The molecular formula is C6HCl2IN2. The van der Waals surface area contributed by atoms with Crippen LogP contribution < -0.4 is 0 Å². The molecule has 1 rings (SSSR count). The Kier molecular flexibility index (Phi) is 2.93. The fraction of sp³-hybridized carbons (Fsp3) is 0. The summed E-state index contributed by atoms with van der Waals surface area (Å²) in [5.41, 5.74) is 0.348. The van der Waals surface area contributed by atoms with Gasteiger partial charge in [-0.2, -0.15) is 5.26 Å². The highest BCUT2D eigenvalue weighted by Crippen LogP contribution is 2.21. The average molecular weight is 299 g/mol. The highest BCUT2D eigenvalue weighted by atomic mass is 127. The lowest BCUT2D eigenvalue weighted by Crippen LogP contribution is -1.86. The van der Waals surface area contributed by atoms with Gasteiger partial charge in [0.1, 0.15) is 16.4 Å². The van der Waals surface area contributed by atoms with Gasteiger partial charge >= 0.3 is 0 Å². The molecule has 0 fully saturated rings. The Morgan fingerprint density at radius 2 is 2.09 bits per heavy atom. The van der Waals surface area contributed by atoms with Crippen molar-refractivity contribution < 1.29 is 0 Å². The van der Waals surface area contributed by atoms with E-state index in [4.69, 9.17) is 28.5 Å². The molecular weight excluding hydrogens is 298 g/mol. The Labute approximate surface area is 87.3 Å². The maximum atomic E-state index is 8.51. The van der Waals surface area contributed by atoms with Gasteiger partial charge in [-0.05, 0) is 28.7 Å². The summed E-state index contributed by atoms with van der Waals surface area (Å²) >= 11 is 13.2. The molecule has 0 N–H and O–H groups in total. The molecule has 2 nitrogen and oxygen atoms in total. The third-order valence-corrected chi connectivity index (χ3v) is 2.72. The molecule has 56 valence electrons. The smallest absolute Gasteiger partial charge is 0.148 e. The van der Waals surface area contributed by atoms with E-state index >= 15 is 0 Å². The summed E-state index contributed by atoms with van der Waals surface area (Å²) in [4.78, 5) is 3.74. The second-order valence-electron chi connectivity index (χ2n) is 1.71. The Balaban J connectivity index is 3.35. The Bertz CT molecular complexity index is 332. The van der Waals surface area contributed by atoms with Crippen molar-refractivity contribution in [3.63, 3.8) is 0 Å². The molecule has 0 bridgehead atoms. The van der Waals surface area contributed by atoms with E-state index in [9.17, 15) is 0 Å². The summed E-state index contributed by atoms with van der Waals surface area (Å²) in [5, 5.41) is 8.99. The molecule has 1 aromatic heterocycles. The molecule has 1 aromatic rings. The number of rotatable bonds is 0. The minimum Gasteiger partial charge on any atom is -0.222 e. The first kappa shape index (κ1) is 9.04. The largest absolute Gasteiger partial charge is 0.222 e. The van der Waals surface area contributed by atoms with Crippen molar-refractivity contribution in [2.24, 2.45) is 0 Å². The second-order valence-corrected chi connectivity index (χ2v) is 3.59. The number of nitriles is 1. The van der Waals surface area contributed by atoms with Crippen molar-refractivity contribution >= 4 is 45.8 Å². The number of hydrogen-bond acceptors (Lipinski definition) is 2. The molecule has 0 amide bonds. The highest BCUT2D eigenvalue weighted by Gasteiger charge is 2.05. The first-order valence-electron chi connectivity index (χ1n) is 2.57. The molecule has 0 atom stereocenters. The molecule has 0 aliphatic rings. The van der Waals surface area contributed by atoms with E-state index in [0.717, 1.165) is 3.57 Å². The van der Waals surface area contributed by atoms with Crippen LogP contribution in [-0.2, 0) is 0 Å². The van der Waals surface area contributed by atoms with E-state index in [0.29, 0.717) is 10.7 Å². The van der Waals surface area contributed by atoms with Gasteiger partial charge in [0.2, 0.25) is 0 Å². The summed E-state index contributed by atoms with van der Waals surface area (Å²) in [7, 11) is 0. The average Bonchev–Trinajstić information content (AvgIpc) is 1.97. The van der Waals surface area contributed by atoms with E-state index in [-0.39, 0.29) is 5.15 Å². The van der Waals surface area contributed by atoms with Gasteiger partial charge in [-0.25, -0.2) is 4.98 Å². The van der Waals surface area contributed by atoms with Crippen LogP contribution in [0.25, 0.3) is 0 Å². The lowest BCUT2D eigenvalue weighted by atomic mass is 10.3. The van der Waals surface area contributed by atoms with Gasteiger partial charge in [0.25, 0.3) is 0 Å². The summed E-state index contributed by atoms with van der Waals surface area (Å²) < 4.78 is 0.727. The standard InChI is InChI=1S/C6HCl2IN2/c7-5-3(2-10)1-4(9)6(8)11-5/h1H. The molecule has 1 heterocycles. The van der Waals surface area contributed by atoms with E-state index in [1.807, 2.05) is 28.7 Å². The number of pyridine rings is 1. The third-order valence-electron chi connectivity index (χ3n) is 1.01. The summed E-state index contributed by atoms with van der Waals surface area (Å²) in [6.07, 6.45) is 0. The number of nitrogens with zero attached hydrogens (tertiary/aromatic N) is 2. The lowest BCUT2D eigenvalue weighted by molar-refractivity contribution is 1.28. The molecule has 0 unspecified atom stereocenters. The van der Waals surface area contributed by atoms with Gasteiger partial charge in [-0.15, -0.1) is 0 Å². The maximum Gasteiger partial charge on any atom is 0.148 e. The molecule has 0 aromatic carbocycles. The summed E-state index contributed by atoms with van der Waals surface area (Å²) in [6, 6.07) is 3.50. The quantitative estimate of drug-likeness (QED) is 0.545. The van der Waals surface area contributed by atoms with Crippen LogP contribution in [0, 0.1) is 14.9 Å². The first-order valence-corrected chi connectivity index (χ1v) is 4.40. The maximum absolute atomic E-state index is 8.51. The van der Waals surface area contributed by atoms with Gasteiger partial charge < -0.3 is 0 Å². The van der Waals surface area contributed by atoms with Crippen LogP contribution in [0.15, 0.2) is 6.07 Å². The predicted molar refractivity (Wildman–Crippen MR) is 51.7 cm³/mol. The molecule has 0 aliphatic carbocycles. The number of aromatic nitrogens is 1. The minimum absolute atomic E-state index is 0.151. The fourth-order valence-corrected chi connectivity index (χ4v) is 1.32. The summed E-state index contributed by atoms with van der Waals surface area (Å²) in [6.45, 7) is 0. The first-order chi connectivity index (χ1) is 5.15. The third kappa shape index (κ3) is 1.95. The van der Waals surface area contributed by atoms with Gasteiger partial charge in [-0.3, -0.25) is 0 Å². The monoisotopic (exact) mass is 298 g/mol. The Morgan fingerprint density at radius 3 is 2.64 bits per heavy atom. The molecule has 0 saturated carbocycles. The van der Waals surface area contributed by atoms with E-state index in [1.165, 1.54) is 0 Å². The zero-order chi connectivity index (χ0) is 8.43. The van der Waals surface area contributed by atoms with Crippen LogP contribution in [-0.4, -0.2) is 4.98 Å². The lowest BCUT2D eigenvalue weighted by Gasteiger charge is -1.96. The van der Waals surface area contributed by atoms with Crippen LogP contribution in [0.3, 0.4) is 0 Å². The van der Waals surface area contributed by atoms with Crippen molar-refractivity contribution in [2.75, 3.05) is 0 Å². The van der Waals surface area contributed by atoms with Crippen molar-refractivity contribution in [3.8, 4) is 6.07 Å². The second kappa shape index (κ2) is 3.57. The van der Waals surface area contributed by atoms with Crippen molar-refractivity contribution in [1.82, 2.24) is 4.98 Å². The number of hydrogen-bond donors (Lipinski definition) is 0. The van der Waals surface area contributed by atoms with E-state index in [1.54, 1.807) is 6.07 Å². The Hall–Kier alpha value is -0.0500. The SMILES string of the molecule is N#Cc1cc(I)c(Cl)nc1Cl. The van der Waals surface area contributed by atoms with Crippen LogP contribution in [0.2, 0.25) is 10.3 Å². The van der Waals surface area contributed by atoms with Crippen LogP contribution in [0.4, 0.5) is 0 Å². The van der Waals surface area contributed by atoms with Crippen LogP contribution in [0.5, 0.6) is 0 Å². The van der Waals surface area contributed by atoms with Gasteiger partial charge in [0.15, 0.2) is 0 Å². The van der Waals surface area contributed by atoms with E-state index < -0.39 is 0 Å². The molecule has 11 heavy (non-hydrogen) atoms. The molecule has 0 spiro atoms. The van der Waals surface area contributed by atoms with Gasteiger partial charge in [-0.1, -0.05) is 23.2 Å². The number of halogens is 3. The van der Waals surface area contributed by atoms with Crippen molar-refractivity contribution in [1.29, 1.82) is 5.26 Å². The van der Waals surface area contributed by atoms with Crippen LogP contribution >= 0.6 is 45.8 Å². The molecule has 0 aliphatic heterocycles. The van der Waals surface area contributed by atoms with E-state index in [2.05, 4.69) is 4.98 Å². The molecule has 0 radical (unpaired) electrons. The van der Waals surface area contributed by atoms with Crippen molar-refractivity contribution in [2.45, 2.75) is 0 Å². The van der Waals surface area contributed by atoms with Crippen molar-refractivity contribution in [3.05, 3.63) is 25.5 Å². The minimum atomic E-state index is 0.151. The zero-order valence-electron chi connectivity index (χ0n) is 5.11. The molecule has 5 heteroatoms. The highest BCUT2D eigenvalue weighted by molar-refractivity contribution is 14.1. The van der Waals surface area contributed by atoms with Gasteiger partial charge in [0, 0.05) is 0 Å². The fourth-order valence-electron chi connectivity index (χ4n) is 0.524. The molecule has 0 saturated heterocycles. The Morgan fingerprint density at radius 1 is 1.45 bits per heavy atom. The zero-order valence-corrected chi connectivity index (χ0v) is 8.78. The summed E-state index contributed by atoms with van der Waals surface area (Å²) in [5.74, 6) is 0. The van der Waals surface area contributed by atoms with Crippen LogP contribution in [0.1, 0.15) is 5.56 Å². The predicted octanol–water partition coefficient (Wildman–Crippen LogP) is 2.86. The normalized spacial score (nSPS) is 9.27. The van der Waals surface area contributed by atoms with Gasteiger partial charge in [0.05, 0.1) is 9.13 Å². The topological polar surface area (TPSA) is 36.7 Å².